The third-order valence-electron chi connectivity index (χ3n) is 0.982. The quantitative estimate of drug-likeness (QED) is 0.653. The highest BCUT2D eigenvalue weighted by molar-refractivity contribution is 7.11. The summed E-state index contributed by atoms with van der Waals surface area (Å²) in [7, 11) is 0. The first-order valence-electron chi connectivity index (χ1n) is 2.88. The fraction of sp³-hybridized carbons (Fsp3) is 0.167. The predicted octanol–water partition coefficient (Wildman–Crippen LogP) is 0.496. The van der Waals surface area contributed by atoms with Gasteiger partial charge in [0.05, 0.1) is 0 Å². The monoisotopic (exact) mass is 173 g/mol. The van der Waals surface area contributed by atoms with E-state index in [1.807, 2.05) is 0 Å². The minimum absolute atomic E-state index is 0.514. The summed E-state index contributed by atoms with van der Waals surface area (Å²) in [5, 5.41) is 10.6. The number of aliphatic carboxylic acids is 1. The van der Waals surface area contributed by atoms with Crippen molar-refractivity contribution < 1.29 is 14.6 Å². The van der Waals surface area contributed by atoms with Crippen LogP contribution in [-0.4, -0.2) is 17.3 Å². The van der Waals surface area contributed by atoms with Crippen molar-refractivity contribution in [2.45, 2.75) is 6.23 Å². The molecular weight excluding hydrogens is 166 g/mol. The molecule has 3 N–H and O–H groups in total. The van der Waals surface area contributed by atoms with Gasteiger partial charge >= 0.3 is 5.97 Å². The van der Waals surface area contributed by atoms with Crippen molar-refractivity contribution in [2.24, 2.45) is 5.73 Å². The van der Waals surface area contributed by atoms with Crippen LogP contribution in [0.3, 0.4) is 0 Å². The third-order valence-corrected chi connectivity index (χ3v) is 1.74. The fourth-order valence-electron chi connectivity index (χ4n) is 0.506. The molecule has 0 aliphatic heterocycles. The normalized spacial score (nSPS) is 12.5. The van der Waals surface area contributed by atoms with Gasteiger partial charge < -0.3 is 9.84 Å². The summed E-state index contributed by atoms with van der Waals surface area (Å²) in [5.74, 6) is -1.17. The molecule has 0 aliphatic carbocycles. The molecule has 5 heteroatoms. The zero-order valence-corrected chi connectivity index (χ0v) is 6.38. The molecule has 0 aromatic carbocycles. The summed E-state index contributed by atoms with van der Waals surface area (Å²) in [5.41, 5.74) is 5.09. The Morgan fingerprint density at radius 3 is 3.00 bits per heavy atom. The molecule has 1 heterocycles. The molecule has 1 unspecified atom stereocenters. The Hall–Kier alpha value is -1.07. The van der Waals surface area contributed by atoms with Crippen LogP contribution in [0, 0.1) is 0 Å². The van der Waals surface area contributed by atoms with E-state index in [1.54, 1.807) is 17.5 Å². The van der Waals surface area contributed by atoms with Gasteiger partial charge in [-0.05, 0) is 17.5 Å². The molecule has 1 aromatic rings. The van der Waals surface area contributed by atoms with Gasteiger partial charge in [0.2, 0.25) is 6.23 Å². The van der Waals surface area contributed by atoms with Crippen LogP contribution in [0.1, 0.15) is 0 Å². The number of hydrogen-bond donors (Lipinski definition) is 2. The van der Waals surface area contributed by atoms with Crippen LogP contribution in [-0.2, 0) is 4.79 Å². The molecule has 11 heavy (non-hydrogen) atoms. The van der Waals surface area contributed by atoms with Crippen molar-refractivity contribution in [2.75, 3.05) is 0 Å². The van der Waals surface area contributed by atoms with Crippen LogP contribution in [0.4, 0.5) is 0 Å². The van der Waals surface area contributed by atoms with Gasteiger partial charge in [0.25, 0.3) is 0 Å². The first kappa shape index (κ1) is 8.03. The van der Waals surface area contributed by atoms with E-state index in [9.17, 15) is 4.79 Å². The van der Waals surface area contributed by atoms with Crippen LogP contribution >= 0.6 is 11.3 Å². The van der Waals surface area contributed by atoms with Gasteiger partial charge in [-0.25, -0.2) is 4.79 Å². The lowest BCUT2D eigenvalue weighted by Crippen LogP contribution is -2.35. The number of rotatable bonds is 3. The molecule has 1 rings (SSSR count). The Bertz CT molecular complexity index is 234. The molecule has 1 aromatic heterocycles. The molecular formula is C6H7NO3S. The smallest absolute Gasteiger partial charge is 0.360 e. The van der Waals surface area contributed by atoms with Gasteiger partial charge in [-0.3, -0.25) is 5.73 Å². The Morgan fingerprint density at radius 2 is 2.55 bits per heavy atom. The van der Waals surface area contributed by atoms with Crippen molar-refractivity contribution in [1.29, 1.82) is 0 Å². The number of carboxylic acid groups (broad SMARTS) is 1. The summed E-state index contributed by atoms with van der Waals surface area (Å²) >= 11 is 1.30. The van der Waals surface area contributed by atoms with Gasteiger partial charge in [-0.2, -0.15) is 0 Å². The Morgan fingerprint density at radius 1 is 1.82 bits per heavy atom. The predicted molar refractivity (Wildman–Crippen MR) is 40.6 cm³/mol. The summed E-state index contributed by atoms with van der Waals surface area (Å²) in [6, 6.07) is 3.42. The molecule has 0 saturated heterocycles. The summed E-state index contributed by atoms with van der Waals surface area (Å²) in [6.45, 7) is 0. The van der Waals surface area contributed by atoms with Crippen molar-refractivity contribution in [3.63, 3.8) is 0 Å². The molecule has 0 saturated carbocycles. The molecule has 1 atom stereocenters. The van der Waals surface area contributed by atoms with Crippen LogP contribution in [0.2, 0.25) is 0 Å². The molecule has 0 bridgehead atoms. The second-order valence-electron chi connectivity index (χ2n) is 1.81. The molecule has 0 fully saturated rings. The molecule has 60 valence electrons. The average Bonchev–Trinajstić information content (AvgIpc) is 2.39. The minimum atomic E-state index is -1.27. The highest BCUT2D eigenvalue weighted by Gasteiger charge is 2.12. The molecule has 4 nitrogen and oxygen atoms in total. The lowest BCUT2D eigenvalue weighted by atomic mass is 10.6. The van der Waals surface area contributed by atoms with E-state index in [0.717, 1.165) is 0 Å². The van der Waals surface area contributed by atoms with Gasteiger partial charge in [0.1, 0.15) is 0 Å². The number of thiophene rings is 1. The van der Waals surface area contributed by atoms with E-state index in [2.05, 4.69) is 0 Å². The molecule has 0 aliphatic rings. The van der Waals surface area contributed by atoms with Crippen molar-refractivity contribution in [3.05, 3.63) is 17.5 Å². The topological polar surface area (TPSA) is 72.5 Å². The molecule has 0 spiro atoms. The van der Waals surface area contributed by atoms with E-state index >= 15 is 0 Å². The first-order chi connectivity index (χ1) is 5.20. The standard InChI is InChI=1S/C6H7NO3S/c7-5(6(8)9)10-4-2-1-3-11-4/h1-3,5H,7H2,(H,8,9). The zero-order valence-electron chi connectivity index (χ0n) is 5.56. The van der Waals surface area contributed by atoms with Crippen molar-refractivity contribution >= 4 is 17.3 Å². The van der Waals surface area contributed by atoms with Crippen LogP contribution in [0.5, 0.6) is 5.06 Å². The third kappa shape index (κ3) is 2.21. The highest BCUT2D eigenvalue weighted by Crippen LogP contribution is 2.18. The highest BCUT2D eigenvalue weighted by atomic mass is 32.1. The van der Waals surface area contributed by atoms with E-state index in [0.29, 0.717) is 5.06 Å². The minimum Gasteiger partial charge on any atom is -0.477 e. The summed E-state index contributed by atoms with van der Waals surface area (Å²) < 4.78 is 4.81. The second kappa shape index (κ2) is 3.36. The Labute approximate surface area is 67.2 Å². The van der Waals surface area contributed by atoms with Crippen LogP contribution in [0.15, 0.2) is 17.5 Å². The van der Waals surface area contributed by atoms with E-state index in [-0.39, 0.29) is 0 Å². The van der Waals surface area contributed by atoms with Crippen LogP contribution < -0.4 is 10.5 Å². The maximum Gasteiger partial charge on any atom is 0.360 e. The van der Waals surface area contributed by atoms with Gasteiger partial charge in [-0.15, -0.1) is 11.3 Å². The van der Waals surface area contributed by atoms with Crippen molar-refractivity contribution in [1.82, 2.24) is 0 Å². The maximum atomic E-state index is 10.2. The summed E-state index contributed by atoms with van der Waals surface area (Å²) in [4.78, 5) is 10.2. The lowest BCUT2D eigenvalue weighted by Gasteiger charge is -2.06. The Balaban J connectivity index is 2.50. The SMILES string of the molecule is NC(Oc1cccs1)C(=O)O. The van der Waals surface area contributed by atoms with E-state index in [1.165, 1.54) is 11.3 Å². The molecule has 0 radical (unpaired) electrons. The lowest BCUT2D eigenvalue weighted by molar-refractivity contribution is -0.144. The fourth-order valence-corrected chi connectivity index (χ4v) is 1.11. The average molecular weight is 173 g/mol. The number of hydrogen-bond acceptors (Lipinski definition) is 4. The summed E-state index contributed by atoms with van der Waals surface area (Å²) in [6.07, 6.45) is -1.27. The number of nitrogens with two attached hydrogens (primary N) is 1. The van der Waals surface area contributed by atoms with Gasteiger partial charge in [0, 0.05) is 0 Å². The van der Waals surface area contributed by atoms with Crippen LogP contribution in [0.25, 0.3) is 0 Å². The second-order valence-corrected chi connectivity index (χ2v) is 2.72. The number of carboxylic acids is 1. The van der Waals surface area contributed by atoms with Gasteiger partial charge in [-0.1, -0.05) is 0 Å². The van der Waals surface area contributed by atoms with E-state index in [4.69, 9.17) is 15.6 Å². The largest absolute Gasteiger partial charge is 0.477 e. The number of ether oxygens (including phenoxy) is 1. The first-order valence-corrected chi connectivity index (χ1v) is 3.76. The zero-order chi connectivity index (χ0) is 8.27. The van der Waals surface area contributed by atoms with Crippen molar-refractivity contribution in [3.8, 4) is 5.06 Å². The van der Waals surface area contributed by atoms with Gasteiger partial charge in [0.15, 0.2) is 5.06 Å². The Kier molecular flexibility index (Phi) is 2.45. The van der Waals surface area contributed by atoms with E-state index < -0.39 is 12.2 Å². The molecule has 0 amide bonds. The number of carbonyl (C=O) groups is 1. The maximum absolute atomic E-state index is 10.2.